The molecule has 0 radical (unpaired) electrons. The van der Waals surface area contributed by atoms with E-state index in [0.717, 1.165) is 14.7 Å². The van der Waals surface area contributed by atoms with Crippen LogP contribution in [0.5, 0.6) is 5.75 Å². The van der Waals surface area contributed by atoms with Gasteiger partial charge >= 0.3 is 0 Å². The highest BCUT2D eigenvalue weighted by molar-refractivity contribution is 5.99. The minimum absolute atomic E-state index is 0.0182. The standard InChI is InChI=1S/C70H118N12O14/c1-24-26-32-46(13)60(84)59-64(88)74-51(25-2)66(90)76(17)40-55(83)80(21)58(49(16)95-36-31-30-35-71-96-50-33-28-27-29-34-50)63(87)75-56(44(9)10)69(93)77(18)52(37-41(3)4)62(86)72-47(14)61(85)73-48(15)65(89)78(19)53(38-42(5)6)67(91)79(20)54(39-43(7)8)68(92)81(22)57(45(11)12)70(94)82(59)23/h24,26-29,33-35,41-49,51-54,56-60,84H,25,30-32,36-40H2,1-23H3,(H,72,86)(H,73,85)(H,74,88)(H,75,87)/b26-24+,71-35+/t46-,47+,48+,49-,51+,52-,53+,54-,56+,57+,58+,59+,60-/m1/s1. The molecule has 0 aliphatic carbocycles. The second-order valence-electron chi connectivity index (χ2n) is 27.8. The number of benzene rings is 1. The smallest absolute Gasteiger partial charge is 0.246 e. The number of para-hydroxylation sites is 1. The van der Waals surface area contributed by atoms with E-state index in [1.54, 1.807) is 85.9 Å². The summed E-state index contributed by atoms with van der Waals surface area (Å²) in [6.45, 7) is 27.0. The Morgan fingerprint density at radius 3 is 1.57 bits per heavy atom. The molecule has 1 aromatic rings. The lowest BCUT2D eigenvalue weighted by Gasteiger charge is -2.41. The Balaban J connectivity index is 2.97. The van der Waals surface area contributed by atoms with E-state index in [-0.39, 0.29) is 56.5 Å². The molecule has 1 aliphatic heterocycles. The SMILES string of the molecule is C/C=C/C[C@@H](C)[C@@H](O)[C@H]1C(=O)N[C@@H](CC)C(=O)N(C)CC(=O)N(C)[C@@H]([C@@H](C)OCCC/C=N/Oc2ccccc2)C(=O)N[C@@H](C(C)C)C(=O)N(C)[C@H](CC(C)C)C(=O)N[C@@H](C)C(=O)N[C@@H](C)C(=O)N(C)[C@@H](CC(C)C)C(=O)N(C)[C@H](CC(C)C)C(=O)N(C)[C@@H](C(C)C)C(=O)N1C. The quantitative estimate of drug-likeness (QED) is 0.0491. The van der Waals surface area contributed by atoms with E-state index >= 15 is 14.4 Å². The largest absolute Gasteiger partial charge is 0.390 e. The maximum absolute atomic E-state index is 15.2. The van der Waals surface area contributed by atoms with Gasteiger partial charge in [-0.3, -0.25) is 52.7 Å². The predicted molar refractivity (Wildman–Crippen MR) is 369 cm³/mol. The highest BCUT2D eigenvalue weighted by Gasteiger charge is 2.46. The molecule has 542 valence electrons. The van der Waals surface area contributed by atoms with E-state index in [1.165, 1.54) is 82.8 Å². The lowest BCUT2D eigenvalue weighted by Crippen LogP contribution is -2.63. The molecule has 1 saturated heterocycles. The Bertz CT molecular complexity index is 2800. The predicted octanol–water partition coefficient (Wildman–Crippen LogP) is 4.47. The fraction of sp³-hybridized carbons (Fsp3) is 0.714. The minimum atomic E-state index is -1.65. The van der Waals surface area contributed by atoms with Crippen LogP contribution >= 0.6 is 0 Å². The topological polar surface area (TPSA) is 310 Å². The van der Waals surface area contributed by atoms with E-state index in [0.29, 0.717) is 18.6 Å². The molecule has 13 atom stereocenters. The van der Waals surface area contributed by atoms with Crippen LogP contribution in [0.1, 0.15) is 156 Å². The van der Waals surface area contributed by atoms with Crippen molar-refractivity contribution in [1.29, 1.82) is 0 Å². The average molecular weight is 1350 g/mol. The normalized spacial score (nSPS) is 25.5. The lowest BCUT2D eigenvalue weighted by atomic mass is 9.91. The summed E-state index contributed by atoms with van der Waals surface area (Å²) in [5.74, 6) is -9.74. The highest BCUT2D eigenvalue weighted by atomic mass is 16.6. The Morgan fingerprint density at radius 2 is 1.05 bits per heavy atom. The first kappa shape index (κ1) is 84.6. The number of unbranched alkanes of at least 4 members (excludes halogenated alkanes) is 1. The van der Waals surface area contributed by atoms with Gasteiger partial charge in [0.15, 0.2) is 5.75 Å². The molecule has 5 N–H and O–H groups in total. The van der Waals surface area contributed by atoms with Crippen LogP contribution in [0.2, 0.25) is 0 Å². The Morgan fingerprint density at radius 1 is 0.552 bits per heavy atom. The van der Waals surface area contributed by atoms with Crippen LogP contribution in [0.25, 0.3) is 0 Å². The van der Waals surface area contributed by atoms with Gasteiger partial charge in [0.05, 0.1) is 18.8 Å². The first-order valence-electron chi connectivity index (χ1n) is 34.0. The number of oxime groups is 1. The third-order valence-electron chi connectivity index (χ3n) is 17.6. The molecule has 1 aliphatic rings. The molecule has 0 bridgehead atoms. The van der Waals surface area contributed by atoms with Crippen molar-refractivity contribution in [3.63, 3.8) is 0 Å². The number of nitrogens with zero attached hydrogens (tertiary/aromatic N) is 8. The second-order valence-corrected chi connectivity index (χ2v) is 27.8. The molecule has 0 spiro atoms. The van der Waals surface area contributed by atoms with E-state index in [1.807, 2.05) is 59.7 Å². The number of aliphatic hydroxyl groups is 1. The van der Waals surface area contributed by atoms with Crippen LogP contribution in [-0.4, -0.2) is 246 Å². The number of rotatable bonds is 21. The summed E-state index contributed by atoms with van der Waals surface area (Å²) in [6, 6.07) is -4.05. The Labute approximate surface area is 571 Å². The number of hydrogen-bond donors (Lipinski definition) is 5. The fourth-order valence-electron chi connectivity index (χ4n) is 11.6. The third-order valence-corrected chi connectivity index (χ3v) is 17.6. The highest BCUT2D eigenvalue weighted by Crippen LogP contribution is 2.26. The van der Waals surface area contributed by atoms with Crippen molar-refractivity contribution in [2.75, 3.05) is 62.5 Å². The van der Waals surface area contributed by atoms with Crippen molar-refractivity contribution in [2.24, 2.45) is 40.7 Å². The maximum Gasteiger partial charge on any atom is 0.246 e. The number of amides is 11. The van der Waals surface area contributed by atoms with Gasteiger partial charge in [0.25, 0.3) is 0 Å². The summed E-state index contributed by atoms with van der Waals surface area (Å²) < 4.78 is 6.24. The number of ether oxygens (including phenoxy) is 1. The molecule has 0 aromatic heterocycles. The molecule has 1 fully saturated rings. The zero-order chi connectivity index (χ0) is 73.3. The van der Waals surface area contributed by atoms with E-state index in [2.05, 4.69) is 26.4 Å². The van der Waals surface area contributed by atoms with Crippen LogP contribution in [0.3, 0.4) is 0 Å². The molecule has 0 saturated carbocycles. The summed E-state index contributed by atoms with van der Waals surface area (Å²) in [4.78, 5) is 176. The lowest BCUT2D eigenvalue weighted by molar-refractivity contribution is -0.157. The summed E-state index contributed by atoms with van der Waals surface area (Å²) in [7, 11) is 9.77. The molecule has 1 aromatic carbocycles. The van der Waals surface area contributed by atoms with Crippen molar-refractivity contribution in [2.45, 2.75) is 228 Å². The molecular weight excluding hydrogens is 1230 g/mol. The number of allylic oxidation sites excluding steroid dienone is 2. The van der Waals surface area contributed by atoms with Gasteiger partial charge in [0, 0.05) is 62.2 Å². The van der Waals surface area contributed by atoms with Gasteiger partial charge in [0.1, 0.15) is 60.4 Å². The molecule has 1 heterocycles. The number of aliphatic hydroxyl groups excluding tert-OH is 1. The van der Waals surface area contributed by atoms with Gasteiger partial charge in [-0.15, -0.1) is 0 Å². The number of nitrogens with one attached hydrogen (secondary N) is 4. The molecule has 96 heavy (non-hydrogen) atoms. The first-order valence-corrected chi connectivity index (χ1v) is 34.0. The fourth-order valence-corrected chi connectivity index (χ4v) is 11.6. The zero-order valence-corrected chi connectivity index (χ0v) is 61.7. The molecule has 26 heteroatoms. The maximum atomic E-state index is 15.2. The van der Waals surface area contributed by atoms with Gasteiger partial charge in [-0.05, 0) is 120 Å². The number of hydrogen-bond acceptors (Lipinski definition) is 15. The van der Waals surface area contributed by atoms with Crippen molar-refractivity contribution in [3.8, 4) is 5.75 Å². The van der Waals surface area contributed by atoms with Crippen molar-refractivity contribution >= 4 is 71.2 Å². The van der Waals surface area contributed by atoms with Crippen molar-refractivity contribution in [1.82, 2.24) is 55.6 Å². The molecular formula is C70H118N12O14. The van der Waals surface area contributed by atoms with Crippen molar-refractivity contribution in [3.05, 3.63) is 42.5 Å². The third kappa shape index (κ3) is 24.6. The molecule has 11 amide bonds. The Hall–Kier alpha value is -7.48. The Kier molecular flexibility index (Phi) is 35.5. The van der Waals surface area contributed by atoms with Crippen LogP contribution in [0.4, 0.5) is 0 Å². The number of carbonyl (C=O) groups excluding carboxylic acids is 11. The second kappa shape index (κ2) is 40.3. The van der Waals surface area contributed by atoms with Crippen molar-refractivity contribution < 1.29 is 67.4 Å². The summed E-state index contributed by atoms with van der Waals surface area (Å²) >= 11 is 0. The van der Waals surface area contributed by atoms with Gasteiger partial charge in [0.2, 0.25) is 65.0 Å². The number of likely N-dealkylation sites (N-methyl/N-ethyl adjacent to an activating group) is 7. The van der Waals surface area contributed by atoms with Crippen LogP contribution < -0.4 is 26.1 Å². The van der Waals surface area contributed by atoms with Crippen LogP contribution in [0.15, 0.2) is 47.6 Å². The van der Waals surface area contributed by atoms with E-state index in [9.17, 15) is 43.5 Å². The molecule has 2 rings (SSSR count). The number of carbonyl (C=O) groups is 11. The molecule has 0 unspecified atom stereocenters. The molecule has 26 nitrogen and oxygen atoms in total. The van der Waals surface area contributed by atoms with Crippen LogP contribution in [0, 0.1) is 35.5 Å². The summed E-state index contributed by atoms with van der Waals surface area (Å²) in [6.07, 6.45) is 4.05. The minimum Gasteiger partial charge on any atom is -0.390 e. The first-order chi connectivity index (χ1) is 44.8. The summed E-state index contributed by atoms with van der Waals surface area (Å²) in [5.41, 5.74) is 0. The average Bonchev–Trinajstić information content (AvgIpc) is 0.821. The summed E-state index contributed by atoms with van der Waals surface area (Å²) in [5, 5.41) is 27.2. The van der Waals surface area contributed by atoms with Gasteiger partial charge < -0.3 is 70.2 Å². The van der Waals surface area contributed by atoms with Gasteiger partial charge in [-0.2, -0.15) is 0 Å². The monoisotopic (exact) mass is 1350 g/mol. The van der Waals surface area contributed by atoms with Gasteiger partial charge in [-0.1, -0.05) is 119 Å². The zero-order valence-electron chi connectivity index (χ0n) is 61.7. The van der Waals surface area contributed by atoms with E-state index < -0.39 is 162 Å². The van der Waals surface area contributed by atoms with Gasteiger partial charge in [-0.25, -0.2) is 0 Å². The van der Waals surface area contributed by atoms with E-state index in [4.69, 9.17) is 9.57 Å². The van der Waals surface area contributed by atoms with Crippen LogP contribution in [-0.2, 0) is 57.5 Å².